The molecular weight excluding hydrogens is 356 g/mol. The largest absolute Gasteiger partial charge is 0.374 e. The number of nitrogens with one attached hydrogen (secondary N) is 1. The summed E-state index contributed by atoms with van der Waals surface area (Å²) in [5.74, 6) is -0.235. The Kier molecular flexibility index (Phi) is 7.71. The number of anilines is 1. The third kappa shape index (κ3) is 5.39. The molecule has 1 amide bonds. The summed E-state index contributed by atoms with van der Waals surface area (Å²) in [6, 6.07) is 3.64. The summed E-state index contributed by atoms with van der Waals surface area (Å²) in [6.07, 6.45) is 6.00. The molecule has 28 heavy (non-hydrogen) atoms. The van der Waals surface area contributed by atoms with Crippen molar-refractivity contribution in [1.29, 1.82) is 0 Å². The number of nitrogens with two attached hydrogens (primary N) is 1. The van der Waals surface area contributed by atoms with Gasteiger partial charge in [-0.25, -0.2) is 0 Å². The Balaban J connectivity index is 1.64. The van der Waals surface area contributed by atoms with Crippen LogP contribution in [0.5, 0.6) is 0 Å². The van der Waals surface area contributed by atoms with E-state index in [-0.39, 0.29) is 24.0 Å². The summed E-state index contributed by atoms with van der Waals surface area (Å²) in [6.45, 7) is 8.93. The summed E-state index contributed by atoms with van der Waals surface area (Å²) in [5, 5.41) is 2.95. The Morgan fingerprint density at radius 2 is 2.18 bits per heavy atom. The van der Waals surface area contributed by atoms with Crippen LogP contribution in [0.3, 0.4) is 0 Å². The van der Waals surface area contributed by atoms with Crippen LogP contribution in [0, 0.1) is 5.92 Å². The lowest BCUT2D eigenvalue weighted by Gasteiger charge is -2.53. The van der Waals surface area contributed by atoms with E-state index in [0.29, 0.717) is 19.5 Å². The highest BCUT2D eigenvalue weighted by molar-refractivity contribution is 5.76. The van der Waals surface area contributed by atoms with Gasteiger partial charge in [-0.2, -0.15) is 0 Å². The minimum Gasteiger partial charge on any atom is -0.374 e. The molecule has 0 spiro atoms. The van der Waals surface area contributed by atoms with E-state index in [9.17, 15) is 9.59 Å². The lowest BCUT2D eigenvalue weighted by atomic mass is 9.77. The molecule has 0 saturated carbocycles. The van der Waals surface area contributed by atoms with Crippen molar-refractivity contribution in [2.45, 2.75) is 50.9 Å². The van der Waals surface area contributed by atoms with Gasteiger partial charge in [-0.05, 0) is 37.5 Å². The maximum atomic E-state index is 12.0. The van der Waals surface area contributed by atoms with Gasteiger partial charge in [0.15, 0.2) is 0 Å². The number of carbonyl (C=O) groups excluding carboxylic acids is 2. The average Bonchev–Trinajstić information content (AvgIpc) is 2.72. The molecule has 3 N–H and O–H groups in total. The van der Waals surface area contributed by atoms with E-state index in [0.717, 1.165) is 30.4 Å². The molecule has 0 aliphatic carbocycles. The number of hydrogen-bond acceptors (Lipinski definition) is 6. The zero-order chi connectivity index (χ0) is 20.7. The molecule has 2 rings (SSSR count). The van der Waals surface area contributed by atoms with Gasteiger partial charge < -0.3 is 25.5 Å². The van der Waals surface area contributed by atoms with Gasteiger partial charge in [-0.3, -0.25) is 9.78 Å². The number of carbonyl (C=O) groups is 2. The van der Waals surface area contributed by atoms with Gasteiger partial charge in [0.25, 0.3) is 0 Å². The van der Waals surface area contributed by atoms with Crippen molar-refractivity contribution < 1.29 is 14.3 Å². The zero-order valence-corrected chi connectivity index (χ0v) is 17.1. The molecule has 1 aliphatic heterocycles. The van der Waals surface area contributed by atoms with Crippen LogP contribution in [-0.4, -0.2) is 55.1 Å². The molecule has 4 unspecified atom stereocenters. The van der Waals surface area contributed by atoms with Crippen LogP contribution in [0.4, 0.5) is 5.69 Å². The molecule has 0 radical (unpaired) electrons. The summed E-state index contributed by atoms with van der Waals surface area (Å²) in [7, 11) is 1.95. The molecule has 1 saturated heterocycles. The third-order valence-corrected chi connectivity index (χ3v) is 5.53. The molecule has 0 bridgehead atoms. The number of ether oxygens (including phenoxy) is 1. The molecule has 1 fully saturated rings. The van der Waals surface area contributed by atoms with Crippen molar-refractivity contribution in [2.75, 3.05) is 25.0 Å². The van der Waals surface area contributed by atoms with Gasteiger partial charge in [-0.15, -0.1) is 0 Å². The molecule has 1 aromatic heterocycles. The van der Waals surface area contributed by atoms with Crippen LogP contribution < -0.4 is 16.0 Å². The maximum absolute atomic E-state index is 12.0. The predicted octanol–water partition coefficient (Wildman–Crippen LogP) is 1.68. The summed E-state index contributed by atoms with van der Waals surface area (Å²) in [4.78, 5) is 29.0. The second-order valence-electron chi connectivity index (χ2n) is 7.71. The Hall–Kier alpha value is -2.25. The van der Waals surface area contributed by atoms with E-state index in [1.54, 1.807) is 19.3 Å². The van der Waals surface area contributed by atoms with Crippen LogP contribution in [0.1, 0.15) is 33.1 Å². The fourth-order valence-electron chi connectivity index (χ4n) is 3.32. The van der Waals surface area contributed by atoms with Gasteiger partial charge in [0.1, 0.15) is 6.29 Å². The fourth-order valence-corrected chi connectivity index (χ4v) is 3.32. The number of pyridine rings is 1. The van der Waals surface area contributed by atoms with E-state index < -0.39 is 5.60 Å². The third-order valence-electron chi connectivity index (χ3n) is 5.53. The maximum Gasteiger partial charge on any atom is 0.221 e. The smallest absolute Gasteiger partial charge is 0.221 e. The minimum absolute atomic E-state index is 0.0240. The van der Waals surface area contributed by atoms with Crippen molar-refractivity contribution in [1.82, 2.24) is 10.3 Å². The lowest BCUT2D eigenvalue weighted by Crippen LogP contribution is -2.68. The minimum atomic E-state index is -0.442. The topological polar surface area (TPSA) is 97.5 Å². The van der Waals surface area contributed by atoms with E-state index in [2.05, 4.69) is 16.9 Å². The second kappa shape index (κ2) is 9.80. The van der Waals surface area contributed by atoms with Crippen molar-refractivity contribution in [2.24, 2.45) is 11.7 Å². The number of rotatable bonds is 11. The SMILES string of the molecule is C=C(C(C)C=O)C1OC(C)(CCCNC(=O)CCN(C)c2ccncc2)C1N. The van der Waals surface area contributed by atoms with Crippen LogP contribution in [-0.2, 0) is 14.3 Å². The Labute approximate surface area is 167 Å². The highest BCUT2D eigenvalue weighted by atomic mass is 16.5. The van der Waals surface area contributed by atoms with Gasteiger partial charge in [-0.1, -0.05) is 13.5 Å². The zero-order valence-electron chi connectivity index (χ0n) is 17.1. The first-order valence-corrected chi connectivity index (χ1v) is 9.73. The molecule has 7 nitrogen and oxygen atoms in total. The summed E-state index contributed by atoms with van der Waals surface area (Å²) in [5.41, 5.74) is 7.59. The van der Waals surface area contributed by atoms with Crippen molar-refractivity contribution >= 4 is 17.9 Å². The molecule has 7 heteroatoms. The molecular formula is C21H32N4O3. The highest BCUT2D eigenvalue weighted by Crippen LogP contribution is 2.39. The van der Waals surface area contributed by atoms with Crippen LogP contribution in [0.2, 0.25) is 0 Å². The van der Waals surface area contributed by atoms with E-state index in [4.69, 9.17) is 10.5 Å². The van der Waals surface area contributed by atoms with Gasteiger partial charge >= 0.3 is 0 Å². The molecule has 4 atom stereocenters. The highest BCUT2D eigenvalue weighted by Gasteiger charge is 2.51. The second-order valence-corrected chi connectivity index (χ2v) is 7.71. The Bertz CT molecular complexity index is 681. The first kappa shape index (κ1) is 22.0. The number of nitrogens with zero attached hydrogens (tertiary/aromatic N) is 2. The molecule has 1 aromatic rings. The first-order chi connectivity index (χ1) is 13.3. The first-order valence-electron chi connectivity index (χ1n) is 9.73. The van der Waals surface area contributed by atoms with Crippen molar-refractivity contribution in [3.8, 4) is 0 Å². The molecule has 2 heterocycles. The number of aldehydes is 1. The van der Waals surface area contributed by atoms with Gasteiger partial charge in [0.2, 0.25) is 5.91 Å². The van der Waals surface area contributed by atoms with Crippen LogP contribution in [0.25, 0.3) is 0 Å². The monoisotopic (exact) mass is 388 g/mol. The van der Waals surface area contributed by atoms with Crippen molar-refractivity contribution in [3.63, 3.8) is 0 Å². The Morgan fingerprint density at radius 1 is 1.50 bits per heavy atom. The number of amides is 1. The van der Waals surface area contributed by atoms with Gasteiger partial charge in [0.05, 0.1) is 17.7 Å². The molecule has 0 aromatic carbocycles. The summed E-state index contributed by atoms with van der Waals surface area (Å²) >= 11 is 0. The van der Waals surface area contributed by atoms with Crippen LogP contribution >= 0.6 is 0 Å². The number of hydrogen-bond donors (Lipinski definition) is 2. The fraction of sp³-hybridized carbons (Fsp3) is 0.571. The Morgan fingerprint density at radius 3 is 2.79 bits per heavy atom. The van der Waals surface area contributed by atoms with E-state index in [1.165, 1.54) is 0 Å². The summed E-state index contributed by atoms with van der Waals surface area (Å²) < 4.78 is 5.95. The van der Waals surface area contributed by atoms with E-state index in [1.807, 2.05) is 31.0 Å². The molecule has 154 valence electrons. The predicted molar refractivity (Wildman–Crippen MR) is 110 cm³/mol. The lowest BCUT2D eigenvalue weighted by molar-refractivity contribution is -0.203. The average molecular weight is 389 g/mol. The normalized spacial score (nSPS) is 24.7. The standard InChI is InChI=1S/C21H32N4O3/c1-15(14-26)16(2)19-20(22)21(3,28-19)9-5-10-24-18(27)8-13-25(4)17-6-11-23-12-7-17/h6-7,11-12,14-15,19-20H,2,5,8-10,13,22H2,1,3-4H3,(H,24,27). The van der Waals surface area contributed by atoms with Crippen molar-refractivity contribution in [3.05, 3.63) is 36.7 Å². The van der Waals surface area contributed by atoms with Crippen LogP contribution in [0.15, 0.2) is 36.7 Å². The number of aromatic nitrogens is 1. The van der Waals surface area contributed by atoms with E-state index >= 15 is 0 Å². The van der Waals surface area contributed by atoms with Gasteiger partial charge in [0, 0.05) is 50.6 Å². The quantitative estimate of drug-likeness (QED) is 0.340. The molecule has 1 aliphatic rings.